The van der Waals surface area contributed by atoms with Gasteiger partial charge in [0, 0.05) is 28.6 Å². The third kappa shape index (κ3) is 6.37. The molecule has 0 fully saturated rings. The van der Waals surface area contributed by atoms with Crippen molar-refractivity contribution in [2.45, 2.75) is 4.90 Å². The lowest BCUT2D eigenvalue weighted by Gasteiger charge is -2.05. The van der Waals surface area contributed by atoms with Crippen molar-refractivity contribution in [3.05, 3.63) is 29.8 Å². The molecule has 0 radical (unpaired) electrons. The molecular formula is C12H15NO5S3. The van der Waals surface area contributed by atoms with E-state index in [0.717, 1.165) is 6.26 Å². The number of benzene rings is 1. The maximum Gasteiger partial charge on any atom is 0.179 e. The smallest absolute Gasteiger partial charge is 0.179 e. The maximum atomic E-state index is 12.0. The molecular weight excluding hydrogens is 334 g/mol. The number of rotatable bonds is 7. The molecule has 1 rings (SSSR count). The Balaban J connectivity index is 2.69. The summed E-state index contributed by atoms with van der Waals surface area (Å²) in [7, 11) is -8.37. The van der Waals surface area contributed by atoms with Gasteiger partial charge in [-0.15, -0.1) is 0 Å². The summed E-state index contributed by atoms with van der Waals surface area (Å²) >= 11 is 0. The van der Waals surface area contributed by atoms with Crippen molar-refractivity contribution in [1.82, 2.24) is 0 Å². The molecule has 0 aliphatic heterocycles. The van der Waals surface area contributed by atoms with E-state index in [1.807, 2.05) is 6.07 Å². The average molecular weight is 349 g/mol. The van der Waals surface area contributed by atoms with Crippen LogP contribution in [0.15, 0.2) is 29.2 Å². The summed E-state index contributed by atoms with van der Waals surface area (Å²) in [6, 6.07) is 7.43. The molecule has 0 aromatic heterocycles. The molecule has 1 unspecified atom stereocenters. The molecule has 1 atom stereocenters. The van der Waals surface area contributed by atoms with Crippen LogP contribution in [0.4, 0.5) is 0 Å². The van der Waals surface area contributed by atoms with E-state index in [1.54, 1.807) is 0 Å². The van der Waals surface area contributed by atoms with E-state index >= 15 is 0 Å². The molecule has 0 amide bonds. The van der Waals surface area contributed by atoms with Crippen LogP contribution in [0.3, 0.4) is 0 Å². The van der Waals surface area contributed by atoms with Gasteiger partial charge in [-0.25, -0.2) is 16.8 Å². The number of hydrogen-bond acceptors (Lipinski definition) is 6. The molecule has 1 aromatic carbocycles. The Morgan fingerprint density at radius 3 is 2.33 bits per heavy atom. The summed E-state index contributed by atoms with van der Waals surface area (Å²) in [6.45, 7) is 0. The van der Waals surface area contributed by atoms with Crippen molar-refractivity contribution in [2.75, 3.05) is 29.3 Å². The molecule has 0 spiro atoms. The van der Waals surface area contributed by atoms with E-state index in [2.05, 4.69) is 0 Å². The minimum Gasteiger partial charge on any atom is -0.260 e. The maximum absolute atomic E-state index is 12.0. The predicted octanol–water partition coefficient (Wildman–Crippen LogP) is 0.125. The van der Waals surface area contributed by atoms with E-state index in [1.165, 1.54) is 24.3 Å². The lowest BCUT2D eigenvalue weighted by atomic mass is 10.2. The van der Waals surface area contributed by atoms with Crippen LogP contribution in [0.2, 0.25) is 0 Å². The van der Waals surface area contributed by atoms with Crippen molar-refractivity contribution in [1.29, 1.82) is 5.26 Å². The van der Waals surface area contributed by atoms with E-state index < -0.39 is 30.5 Å². The van der Waals surface area contributed by atoms with Crippen molar-refractivity contribution < 1.29 is 21.0 Å². The normalized spacial score (nSPS) is 13.5. The number of nitrogens with zero attached hydrogens (tertiary/aromatic N) is 1. The highest BCUT2D eigenvalue weighted by atomic mass is 32.2. The Labute approximate surface area is 127 Å². The Morgan fingerprint density at radius 1 is 1.14 bits per heavy atom. The van der Waals surface area contributed by atoms with Gasteiger partial charge in [0.15, 0.2) is 9.84 Å². The monoisotopic (exact) mass is 349 g/mol. The second-order valence-electron chi connectivity index (χ2n) is 4.44. The molecule has 6 nitrogen and oxygen atoms in total. The Hall–Kier alpha value is -1.24. The van der Waals surface area contributed by atoms with Gasteiger partial charge in [0.05, 0.1) is 28.0 Å². The Bertz CT molecular complexity index is 775. The number of hydrogen-bond donors (Lipinski definition) is 0. The standard InChI is InChI=1S/C12H15NO5S3/c1-20(15,16)7-5-19(14)6-8-21(17,18)12-4-2-3-11(9-12)10-13/h2-4,9H,5-8H2,1H3. The zero-order chi connectivity index (χ0) is 16.1. The molecule has 0 saturated heterocycles. The van der Waals surface area contributed by atoms with Gasteiger partial charge in [-0.05, 0) is 18.2 Å². The number of nitriles is 1. The van der Waals surface area contributed by atoms with Crippen LogP contribution in [0, 0.1) is 11.3 Å². The van der Waals surface area contributed by atoms with Crippen LogP contribution >= 0.6 is 0 Å². The van der Waals surface area contributed by atoms with Gasteiger partial charge in [0.1, 0.15) is 9.84 Å². The summed E-state index contributed by atoms with van der Waals surface area (Å²) < 4.78 is 57.6. The summed E-state index contributed by atoms with van der Waals surface area (Å²) in [5, 5.41) is 8.74. The van der Waals surface area contributed by atoms with Crippen LogP contribution in [-0.4, -0.2) is 50.3 Å². The zero-order valence-corrected chi connectivity index (χ0v) is 13.8. The first-order chi connectivity index (χ1) is 9.64. The Kier molecular flexibility index (Phi) is 6.07. The molecule has 116 valence electrons. The average Bonchev–Trinajstić information content (AvgIpc) is 2.42. The second kappa shape index (κ2) is 7.15. The largest absolute Gasteiger partial charge is 0.260 e. The minimum absolute atomic E-state index is 0.00154. The molecule has 9 heteroatoms. The van der Waals surface area contributed by atoms with Crippen molar-refractivity contribution in [3.63, 3.8) is 0 Å². The molecule has 21 heavy (non-hydrogen) atoms. The minimum atomic E-state index is -3.64. The van der Waals surface area contributed by atoms with E-state index in [4.69, 9.17) is 5.26 Å². The molecule has 1 aromatic rings. The lowest BCUT2D eigenvalue weighted by Crippen LogP contribution is -2.19. The Morgan fingerprint density at radius 2 is 1.76 bits per heavy atom. The fourth-order valence-electron chi connectivity index (χ4n) is 1.43. The van der Waals surface area contributed by atoms with Crippen LogP contribution < -0.4 is 0 Å². The molecule has 0 heterocycles. The van der Waals surface area contributed by atoms with Gasteiger partial charge >= 0.3 is 0 Å². The van der Waals surface area contributed by atoms with E-state index in [9.17, 15) is 21.0 Å². The van der Waals surface area contributed by atoms with Gasteiger partial charge in [0.2, 0.25) is 0 Å². The van der Waals surface area contributed by atoms with Gasteiger partial charge in [-0.1, -0.05) is 6.07 Å². The van der Waals surface area contributed by atoms with Crippen molar-refractivity contribution in [2.24, 2.45) is 0 Å². The van der Waals surface area contributed by atoms with Crippen molar-refractivity contribution in [3.8, 4) is 6.07 Å². The fraction of sp³-hybridized carbons (Fsp3) is 0.417. The summed E-state index contributed by atoms with van der Waals surface area (Å²) in [5.41, 5.74) is 0.231. The summed E-state index contributed by atoms with van der Waals surface area (Å²) in [4.78, 5) is 0.00154. The van der Waals surface area contributed by atoms with E-state index in [0.29, 0.717) is 0 Å². The van der Waals surface area contributed by atoms with Crippen LogP contribution in [0.5, 0.6) is 0 Å². The third-order valence-electron chi connectivity index (χ3n) is 2.58. The highest BCUT2D eigenvalue weighted by Crippen LogP contribution is 2.13. The van der Waals surface area contributed by atoms with E-state index in [-0.39, 0.29) is 33.5 Å². The predicted molar refractivity (Wildman–Crippen MR) is 80.8 cm³/mol. The number of sulfone groups is 2. The van der Waals surface area contributed by atoms with Crippen LogP contribution in [-0.2, 0) is 30.5 Å². The highest BCUT2D eigenvalue weighted by molar-refractivity contribution is 7.94. The molecule has 0 aliphatic rings. The fourth-order valence-corrected chi connectivity index (χ4v) is 6.03. The van der Waals surface area contributed by atoms with Gasteiger partial charge in [-0.2, -0.15) is 5.26 Å². The zero-order valence-electron chi connectivity index (χ0n) is 11.4. The quantitative estimate of drug-likeness (QED) is 0.692. The van der Waals surface area contributed by atoms with Gasteiger partial charge in [0.25, 0.3) is 0 Å². The van der Waals surface area contributed by atoms with Crippen LogP contribution in [0.25, 0.3) is 0 Å². The summed E-state index contributed by atoms with van der Waals surface area (Å²) in [5.74, 6) is -0.789. The second-order valence-corrected chi connectivity index (χ2v) is 10.5. The summed E-state index contributed by atoms with van der Waals surface area (Å²) in [6.07, 6.45) is 1.04. The van der Waals surface area contributed by atoms with Crippen LogP contribution in [0.1, 0.15) is 5.56 Å². The first-order valence-corrected chi connectivity index (χ1v) is 11.1. The highest BCUT2D eigenvalue weighted by Gasteiger charge is 2.17. The lowest BCUT2D eigenvalue weighted by molar-refractivity contribution is 0.597. The topological polar surface area (TPSA) is 109 Å². The first-order valence-electron chi connectivity index (χ1n) is 5.90. The molecule has 0 saturated carbocycles. The van der Waals surface area contributed by atoms with Gasteiger partial charge in [-0.3, -0.25) is 4.21 Å². The molecule has 0 aliphatic carbocycles. The molecule has 0 bridgehead atoms. The molecule has 0 N–H and O–H groups in total. The third-order valence-corrected chi connectivity index (χ3v) is 7.08. The first kappa shape index (κ1) is 17.8. The van der Waals surface area contributed by atoms with Crippen molar-refractivity contribution >= 4 is 30.5 Å². The van der Waals surface area contributed by atoms with Gasteiger partial charge < -0.3 is 0 Å². The SMILES string of the molecule is CS(=O)(=O)CCS(=O)CCS(=O)(=O)c1cccc(C#N)c1.